The van der Waals surface area contributed by atoms with Crippen molar-refractivity contribution < 1.29 is 9.18 Å². The van der Waals surface area contributed by atoms with Crippen molar-refractivity contribution in [2.45, 2.75) is 6.92 Å². The number of carbonyl (C=O) groups excluding carboxylic acids is 1. The zero-order valence-electron chi connectivity index (χ0n) is 7.10. The highest BCUT2D eigenvalue weighted by Crippen LogP contribution is 2.17. The van der Waals surface area contributed by atoms with E-state index in [0.717, 1.165) is 0 Å². The van der Waals surface area contributed by atoms with Crippen LogP contribution in [-0.2, 0) is 0 Å². The molecule has 0 aliphatic rings. The monoisotopic (exact) mass is 245 g/mol. The van der Waals surface area contributed by atoms with Crippen molar-refractivity contribution >= 4 is 21.8 Å². The molecule has 2 nitrogen and oxygen atoms in total. The third-order valence-electron chi connectivity index (χ3n) is 1.51. The van der Waals surface area contributed by atoms with Gasteiger partial charge in [0, 0.05) is 11.0 Å². The first kappa shape index (κ1) is 10.2. The summed E-state index contributed by atoms with van der Waals surface area (Å²) in [5, 5.41) is 2.59. The van der Waals surface area contributed by atoms with Gasteiger partial charge in [0.15, 0.2) is 0 Å². The molecule has 0 saturated carbocycles. The van der Waals surface area contributed by atoms with Gasteiger partial charge in [0.05, 0.1) is 5.56 Å². The first-order chi connectivity index (χ1) is 6.15. The van der Waals surface area contributed by atoms with E-state index in [1.54, 1.807) is 0 Å². The largest absolute Gasteiger partial charge is 0.352 e. The van der Waals surface area contributed by atoms with Crippen molar-refractivity contribution in [1.82, 2.24) is 5.32 Å². The topological polar surface area (TPSA) is 29.1 Å². The number of benzene rings is 1. The summed E-state index contributed by atoms with van der Waals surface area (Å²) in [6.45, 7) is 2.34. The standard InChI is InChI=1S/C9H9BrFNO/c1-2-12-9(13)7-5-6(11)3-4-8(7)10/h3-5H,2H2,1H3,(H,12,13). The molecule has 0 atom stereocenters. The summed E-state index contributed by atoms with van der Waals surface area (Å²) < 4.78 is 13.3. The highest BCUT2D eigenvalue weighted by molar-refractivity contribution is 9.10. The minimum atomic E-state index is -0.413. The quantitative estimate of drug-likeness (QED) is 0.852. The van der Waals surface area contributed by atoms with Gasteiger partial charge in [-0.25, -0.2) is 4.39 Å². The van der Waals surface area contributed by atoms with Crippen molar-refractivity contribution in [3.63, 3.8) is 0 Å². The highest BCUT2D eigenvalue weighted by atomic mass is 79.9. The van der Waals surface area contributed by atoms with Crippen LogP contribution in [0, 0.1) is 5.82 Å². The first-order valence-corrected chi connectivity index (χ1v) is 4.67. The predicted molar refractivity (Wildman–Crippen MR) is 52.1 cm³/mol. The number of amides is 1. The predicted octanol–water partition coefficient (Wildman–Crippen LogP) is 2.34. The zero-order valence-corrected chi connectivity index (χ0v) is 8.69. The van der Waals surface area contributed by atoms with Gasteiger partial charge in [0.25, 0.3) is 5.91 Å². The summed E-state index contributed by atoms with van der Waals surface area (Å²) in [7, 11) is 0. The van der Waals surface area contributed by atoms with E-state index in [0.29, 0.717) is 16.6 Å². The van der Waals surface area contributed by atoms with Gasteiger partial charge in [-0.05, 0) is 41.1 Å². The summed E-state index contributed by atoms with van der Waals surface area (Å²) in [4.78, 5) is 11.3. The van der Waals surface area contributed by atoms with Crippen molar-refractivity contribution in [3.8, 4) is 0 Å². The fourth-order valence-electron chi connectivity index (χ4n) is 0.927. The maximum absolute atomic E-state index is 12.7. The smallest absolute Gasteiger partial charge is 0.252 e. The Morgan fingerprint density at radius 3 is 2.92 bits per heavy atom. The second kappa shape index (κ2) is 4.37. The molecule has 0 heterocycles. The van der Waals surface area contributed by atoms with Crippen molar-refractivity contribution in [3.05, 3.63) is 34.1 Å². The van der Waals surface area contributed by atoms with Crippen LogP contribution < -0.4 is 5.32 Å². The lowest BCUT2D eigenvalue weighted by Crippen LogP contribution is -2.23. The molecule has 0 radical (unpaired) electrons. The molecule has 0 aliphatic heterocycles. The van der Waals surface area contributed by atoms with Gasteiger partial charge in [-0.2, -0.15) is 0 Å². The van der Waals surface area contributed by atoms with E-state index in [2.05, 4.69) is 21.2 Å². The van der Waals surface area contributed by atoms with Crippen LogP contribution in [0.3, 0.4) is 0 Å². The van der Waals surface area contributed by atoms with Gasteiger partial charge in [-0.15, -0.1) is 0 Å². The van der Waals surface area contributed by atoms with Gasteiger partial charge in [-0.1, -0.05) is 0 Å². The van der Waals surface area contributed by atoms with Crippen LogP contribution in [0.1, 0.15) is 17.3 Å². The Hall–Kier alpha value is -0.900. The maximum Gasteiger partial charge on any atom is 0.252 e. The maximum atomic E-state index is 12.7. The van der Waals surface area contributed by atoms with Crippen molar-refractivity contribution in [2.24, 2.45) is 0 Å². The molecule has 0 bridgehead atoms. The van der Waals surface area contributed by atoms with E-state index in [1.807, 2.05) is 6.92 Å². The fourth-order valence-corrected chi connectivity index (χ4v) is 1.35. The lowest BCUT2D eigenvalue weighted by atomic mass is 10.2. The average molecular weight is 246 g/mol. The molecule has 0 unspecified atom stereocenters. The number of carbonyl (C=O) groups is 1. The molecule has 4 heteroatoms. The molecule has 1 aromatic rings. The molecule has 0 fully saturated rings. The van der Waals surface area contributed by atoms with Gasteiger partial charge in [0.1, 0.15) is 5.82 Å². The Kier molecular flexibility index (Phi) is 3.42. The minimum Gasteiger partial charge on any atom is -0.352 e. The summed E-state index contributed by atoms with van der Waals surface area (Å²) in [6.07, 6.45) is 0. The summed E-state index contributed by atoms with van der Waals surface area (Å²) in [5.74, 6) is -0.682. The molecule has 1 amide bonds. The van der Waals surface area contributed by atoms with Crippen molar-refractivity contribution in [1.29, 1.82) is 0 Å². The van der Waals surface area contributed by atoms with Gasteiger partial charge >= 0.3 is 0 Å². The van der Waals surface area contributed by atoms with Gasteiger partial charge < -0.3 is 5.32 Å². The number of hydrogen-bond donors (Lipinski definition) is 1. The van der Waals surface area contributed by atoms with Gasteiger partial charge in [-0.3, -0.25) is 4.79 Å². The minimum absolute atomic E-state index is 0.270. The summed E-state index contributed by atoms with van der Waals surface area (Å²) >= 11 is 3.17. The SMILES string of the molecule is CCNC(=O)c1cc(F)ccc1Br. The van der Waals surface area contributed by atoms with E-state index in [4.69, 9.17) is 0 Å². The van der Waals surface area contributed by atoms with Crippen LogP contribution in [0.4, 0.5) is 4.39 Å². The molecule has 1 rings (SSSR count). The Bertz CT molecular complexity index is 327. The molecule has 0 aromatic heterocycles. The number of hydrogen-bond acceptors (Lipinski definition) is 1. The van der Waals surface area contributed by atoms with E-state index < -0.39 is 5.82 Å². The van der Waals surface area contributed by atoms with Crippen LogP contribution in [0.25, 0.3) is 0 Å². The Labute approximate surface area is 84.3 Å². The number of nitrogens with one attached hydrogen (secondary N) is 1. The number of rotatable bonds is 2. The molecule has 0 aliphatic carbocycles. The second-order valence-electron chi connectivity index (χ2n) is 2.48. The number of halogens is 2. The highest BCUT2D eigenvalue weighted by Gasteiger charge is 2.09. The molecule has 1 N–H and O–H groups in total. The zero-order chi connectivity index (χ0) is 9.84. The molecular weight excluding hydrogens is 237 g/mol. The molecule has 1 aromatic carbocycles. The molecule has 0 spiro atoms. The average Bonchev–Trinajstić information content (AvgIpc) is 2.09. The fraction of sp³-hybridized carbons (Fsp3) is 0.222. The van der Waals surface area contributed by atoms with Crippen LogP contribution in [-0.4, -0.2) is 12.5 Å². The lowest BCUT2D eigenvalue weighted by molar-refractivity contribution is 0.0954. The third kappa shape index (κ3) is 2.52. The Morgan fingerprint density at radius 1 is 1.62 bits per heavy atom. The Balaban J connectivity index is 2.99. The van der Waals surface area contributed by atoms with Gasteiger partial charge in [0.2, 0.25) is 0 Å². The van der Waals surface area contributed by atoms with E-state index in [1.165, 1.54) is 18.2 Å². The molecule has 0 saturated heterocycles. The van der Waals surface area contributed by atoms with E-state index in [9.17, 15) is 9.18 Å². The van der Waals surface area contributed by atoms with Crippen LogP contribution in [0.2, 0.25) is 0 Å². The Morgan fingerprint density at radius 2 is 2.31 bits per heavy atom. The van der Waals surface area contributed by atoms with Crippen LogP contribution >= 0.6 is 15.9 Å². The molecular formula is C9H9BrFNO. The summed E-state index contributed by atoms with van der Waals surface area (Å²) in [5.41, 5.74) is 0.321. The summed E-state index contributed by atoms with van der Waals surface area (Å²) in [6, 6.07) is 4.02. The molecule has 13 heavy (non-hydrogen) atoms. The van der Waals surface area contributed by atoms with Crippen molar-refractivity contribution in [2.75, 3.05) is 6.54 Å². The van der Waals surface area contributed by atoms with Crippen LogP contribution in [0.15, 0.2) is 22.7 Å². The van der Waals surface area contributed by atoms with Crippen LogP contribution in [0.5, 0.6) is 0 Å². The molecule has 70 valence electrons. The van der Waals surface area contributed by atoms with E-state index in [-0.39, 0.29) is 5.91 Å². The second-order valence-corrected chi connectivity index (χ2v) is 3.34. The first-order valence-electron chi connectivity index (χ1n) is 3.88. The normalized spacial score (nSPS) is 9.77. The third-order valence-corrected chi connectivity index (χ3v) is 2.20. The van der Waals surface area contributed by atoms with E-state index >= 15 is 0 Å². The lowest BCUT2D eigenvalue weighted by Gasteiger charge is -2.03.